The van der Waals surface area contributed by atoms with Gasteiger partial charge in [0.05, 0.1) is 34.3 Å². The molecule has 178 valence electrons. The number of carbonyl (C=O) groups is 3. The Labute approximate surface area is 213 Å². The van der Waals surface area contributed by atoms with E-state index in [0.717, 1.165) is 34.2 Å². The Morgan fingerprint density at radius 1 is 0.649 bits per heavy atom. The minimum atomic E-state index is -1.20. The van der Waals surface area contributed by atoms with E-state index in [9.17, 15) is 14.4 Å². The second kappa shape index (κ2) is 7.90. The van der Waals surface area contributed by atoms with Crippen molar-refractivity contribution in [3.8, 4) is 0 Å². The first-order valence-corrected chi connectivity index (χ1v) is 12.2. The van der Waals surface area contributed by atoms with Crippen molar-refractivity contribution in [2.24, 2.45) is 22.1 Å². The van der Waals surface area contributed by atoms with Gasteiger partial charge in [0.1, 0.15) is 6.29 Å². The summed E-state index contributed by atoms with van der Waals surface area (Å²) in [5.74, 6) is -2.31. The molecule has 1 aliphatic heterocycles. The Kier molecular flexibility index (Phi) is 4.60. The van der Waals surface area contributed by atoms with Gasteiger partial charge in [0.25, 0.3) is 0 Å². The molecule has 6 heteroatoms. The molecule has 0 radical (unpaired) electrons. The van der Waals surface area contributed by atoms with Gasteiger partial charge in [0.2, 0.25) is 11.8 Å². The zero-order valence-corrected chi connectivity index (χ0v) is 19.7. The first kappa shape index (κ1) is 21.6. The minimum Gasteiger partial charge on any atom is -0.302 e. The van der Waals surface area contributed by atoms with Gasteiger partial charge < -0.3 is 4.79 Å². The Hall–Kier alpha value is -4.71. The smallest absolute Gasteiger partial charge is 0.239 e. The van der Waals surface area contributed by atoms with Gasteiger partial charge in [-0.1, -0.05) is 66.7 Å². The number of azo groups is 1. The topological polar surface area (TPSA) is 79.2 Å². The monoisotopic (exact) mass is 483 g/mol. The van der Waals surface area contributed by atoms with Crippen molar-refractivity contribution < 1.29 is 14.4 Å². The van der Waals surface area contributed by atoms with Crippen molar-refractivity contribution in [2.75, 3.05) is 4.90 Å². The van der Waals surface area contributed by atoms with E-state index in [2.05, 4.69) is 10.2 Å². The van der Waals surface area contributed by atoms with Crippen LogP contribution in [-0.4, -0.2) is 18.1 Å². The Morgan fingerprint density at radius 3 is 1.78 bits per heavy atom. The molecule has 2 amide bonds. The predicted molar refractivity (Wildman–Crippen MR) is 138 cm³/mol. The van der Waals surface area contributed by atoms with E-state index in [0.29, 0.717) is 11.4 Å². The summed E-state index contributed by atoms with van der Waals surface area (Å²) >= 11 is 0. The van der Waals surface area contributed by atoms with Gasteiger partial charge in [0, 0.05) is 5.92 Å². The molecule has 1 heterocycles. The molecule has 0 N–H and O–H groups in total. The second-order valence-corrected chi connectivity index (χ2v) is 9.71. The fourth-order valence-corrected chi connectivity index (χ4v) is 6.56. The minimum absolute atomic E-state index is 0.270. The zero-order valence-electron chi connectivity index (χ0n) is 19.7. The molecule has 3 aliphatic carbocycles. The lowest BCUT2D eigenvalue weighted by Crippen LogP contribution is -2.54. The lowest BCUT2D eigenvalue weighted by Gasteiger charge is -2.51. The molecule has 2 unspecified atom stereocenters. The van der Waals surface area contributed by atoms with E-state index in [1.807, 2.05) is 78.9 Å². The summed E-state index contributed by atoms with van der Waals surface area (Å²) in [6.07, 6.45) is 0.888. The van der Waals surface area contributed by atoms with E-state index in [1.54, 1.807) is 24.3 Å². The van der Waals surface area contributed by atoms with Crippen LogP contribution in [0.25, 0.3) is 0 Å². The van der Waals surface area contributed by atoms with Crippen LogP contribution in [0.15, 0.2) is 113 Å². The Bertz CT molecular complexity index is 1560. The van der Waals surface area contributed by atoms with Gasteiger partial charge in [-0.15, -0.1) is 0 Å². The molecule has 2 bridgehead atoms. The molecule has 37 heavy (non-hydrogen) atoms. The highest BCUT2D eigenvalue weighted by Gasteiger charge is 2.68. The fraction of sp³-hybridized carbons (Fsp3) is 0.129. The number of carbonyl (C=O) groups excluding carboxylic acids is 3. The third-order valence-electron chi connectivity index (χ3n) is 8.01. The number of aldehydes is 1. The van der Waals surface area contributed by atoms with Crippen molar-refractivity contribution in [3.05, 3.63) is 125 Å². The quantitative estimate of drug-likeness (QED) is 0.207. The molecule has 6 nitrogen and oxygen atoms in total. The third kappa shape index (κ3) is 2.84. The molecule has 4 aliphatic rings. The number of imide groups is 1. The number of amides is 2. The molecule has 0 aromatic heterocycles. The predicted octanol–water partition coefficient (Wildman–Crippen LogP) is 5.85. The highest BCUT2D eigenvalue weighted by molar-refractivity contribution is 6.24. The summed E-state index contributed by atoms with van der Waals surface area (Å²) in [5, 5.41) is 8.48. The van der Waals surface area contributed by atoms with E-state index in [4.69, 9.17) is 0 Å². The molecular weight excluding hydrogens is 462 g/mol. The maximum absolute atomic E-state index is 14.0. The van der Waals surface area contributed by atoms with Gasteiger partial charge in [-0.2, -0.15) is 10.2 Å². The Balaban J connectivity index is 1.31. The maximum atomic E-state index is 14.0. The number of hydrogen-bond donors (Lipinski definition) is 0. The zero-order chi connectivity index (χ0) is 25.1. The lowest BCUT2D eigenvalue weighted by molar-refractivity contribution is -0.128. The average Bonchev–Trinajstić information content (AvgIpc) is 3.23. The molecule has 1 fully saturated rings. The SMILES string of the molecule is O=CC12c3ccccc3C(c3ccccc31)C1C(=O)N(c3ccc(N=Nc4ccccc4)cc3)C(=O)C12. The van der Waals surface area contributed by atoms with Gasteiger partial charge in [-0.3, -0.25) is 9.59 Å². The van der Waals surface area contributed by atoms with E-state index < -0.39 is 17.3 Å². The molecule has 8 rings (SSSR count). The molecule has 0 spiro atoms. The number of anilines is 1. The largest absolute Gasteiger partial charge is 0.302 e. The molecule has 4 aromatic rings. The first-order valence-electron chi connectivity index (χ1n) is 12.2. The molecule has 4 aromatic carbocycles. The fourth-order valence-electron chi connectivity index (χ4n) is 6.56. The number of rotatable bonds is 4. The van der Waals surface area contributed by atoms with Gasteiger partial charge in [0.15, 0.2) is 0 Å². The highest BCUT2D eigenvalue weighted by atomic mass is 16.2. The van der Waals surface area contributed by atoms with Crippen LogP contribution < -0.4 is 4.90 Å². The van der Waals surface area contributed by atoms with Crippen LogP contribution in [0.5, 0.6) is 0 Å². The van der Waals surface area contributed by atoms with Crippen molar-refractivity contribution >= 4 is 35.2 Å². The molecule has 1 saturated heterocycles. The standard InChI is InChI=1S/C31H21N3O3/c35-18-31-24-12-6-4-10-22(24)26(23-11-5-7-13-25(23)31)27-28(31)30(37)34(29(27)36)21-16-14-20(15-17-21)33-32-19-8-2-1-3-9-19/h1-18,26-28H. The summed E-state index contributed by atoms with van der Waals surface area (Å²) in [4.78, 5) is 42.3. The van der Waals surface area contributed by atoms with Crippen molar-refractivity contribution in [1.82, 2.24) is 0 Å². The van der Waals surface area contributed by atoms with Crippen LogP contribution in [0.2, 0.25) is 0 Å². The van der Waals surface area contributed by atoms with Crippen LogP contribution in [-0.2, 0) is 19.8 Å². The van der Waals surface area contributed by atoms with Gasteiger partial charge >= 0.3 is 0 Å². The van der Waals surface area contributed by atoms with Crippen LogP contribution in [0.4, 0.5) is 17.1 Å². The van der Waals surface area contributed by atoms with Gasteiger partial charge in [-0.25, -0.2) is 4.90 Å². The van der Waals surface area contributed by atoms with Crippen molar-refractivity contribution in [2.45, 2.75) is 11.3 Å². The normalized spacial score (nSPS) is 25.2. The van der Waals surface area contributed by atoms with Gasteiger partial charge in [-0.05, 0) is 58.7 Å². The molecular formula is C31H21N3O3. The first-order chi connectivity index (χ1) is 18.1. The third-order valence-corrected chi connectivity index (χ3v) is 8.01. The van der Waals surface area contributed by atoms with Crippen molar-refractivity contribution in [1.29, 1.82) is 0 Å². The summed E-state index contributed by atoms with van der Waals surface area (Å²) in [6.45, 7) is 0. The summed E-state index contributed by atoms with van der Waals surface area (Å²) in [7, 11) is 0. The highest BCUT2D eigenvalue weighted by Crippen LogP contribution is 2.63. The average molecular weight is 484 g/mol. The number of benzene rings is 4. The summed E-state index contributed by atoms with van der Waals surface area (Å²) in [6, 6.07) is 31.7. The van der Waals surface area contributed by atoms with Crippen LogP contribution >= 0.6 is 0 Å². The Morgan fingerprint density at radius 2 is 1.19 bits per heavy atom. The van der Waals surface area contributed by atoms with Crippen molar-refractivity contribution in [3.63, 3.8) is 0 Å². The van der Waals surface area contributed by atoms with E-state index >= 15 is 0 Å². The lowest BCUT2D eigenvalue weighted by atomic mass is 9.48. The van der Waals surface area contributed by atoms with E-state index in [-0.39, 0.29) is 17.7 Å². The maximum Gasteiger partial charge on any atom is 0.239 e. The number of hydrogen-bond acceptors (Lipinski definition) is 5. The second-order valence-electron chi connectivity index (χ2n) is 9.71. The summed E-state index contributed by atoms with van der Waals surface area (Å²) < 4.78 is 0. The summed E-state index contributed by atoms with van der Waals surface area (Å²) in [5.41, 5.74) is 4.17. The number of nitrogens with zero attached hydrogens (tertiary/aromatic N) is 3. The van der Waals surface area contributed by atoms with Crippen LogP contribution in [0, 0.1) is 11.8 Å². The van der Waals surface area contributed by atoms with Crippen LogP contribution in [0.3, 0.4) is 0 Å². The van der Waals surface area contributed by atoms with Crippen LogP contribution in [0.1, 0.15) is 28.2 Å². The molecule has 0 saturated carbocycles. The molecule has 2 atom stereocenters. The van der Waals surface area contributed by atoms with E-state index in [1.165, 1.54) is 4.90 Å².